The maximum atomic E-state index is 5.59. The van der Waals surface area contributed by atoms with E-state index in [-0.39, 0.29) is 0 Å². The zero-order valence-electron chi connectivity index (χ0n) is 8.52. The molecular weight excluding hydrogens is 352 g/mol. The van der Waals surface area contributed by atoms with Crippen molar-refractivity contribution in [3.8, 4) is 11.6 Å². The van der Waals surface area contributed by atoms with Crippen LogP contribution < -0.4 is 16.0 Å². The van der Waals surface area contributed by atoms with E-state index in [9.17, 15) is 0 Å². The summed E-state index contributed by atoms with van der Waals surface area (Å²) in [6.45, 7) is 0. The molecule has 0 saturated heterocycles. The molecule has 0 saturated carbocycles. The number of aromatic nitrogens is 2. The minimum Gasteiger partial charge on any atom is -0.438 e. The third-order valence-electron chi connectivity index (χ3n) is 1.92. The van der Waals surface area contributed by atoms with Gasteiger partial charge in [0.15, 0.2) is 5.82 Å². The largest absolute Gasteiger partial charge is 0.438 e. The van der Waals surface area contributed by atoms with Crippen molar-refractivity contribution in [1.29, 1.82) is 0 Å². The highest BCUT2D eigenvalue weighted by molar-refractivity contribution is 9.11. The highest BCUT2D eigenvalue weighted by Crippen LogP contribution is 2.31. The van der Waals surface area contributed by atoms with E-state index in [1.807, 2.05) is 24.3 Å². The number of nitrogen functional groups attached to an aromatic ring is 1. The molecule has 2 rings (SSSR count). The van der Waals surface area contributed by atoms with E-state index >= 15 is 0 Å². The van der Waals surface area contributed by atoms with E-state index in [1.165, 1.54) is 6.33 Å². The van der Waals surface area contributed by atoms with E-state index in [0.29, 0.717) is 21.9 Å². The Bertz CT molecular complexity index is 518. The van der Waals surface area contributed by atoms with Gasteiger partial charge in [0, 0.05) is 4.47 Å². The molecule has 5 nitrogen and oxygen atoms in total. The number of anilines is 1. The van der Waals surface area contributed by atoms with Crippen LogP contribution in [0.2, 0.25) is 0 Å². The molecule has 0 aliphatic carbocycles. The molecule has 1 aromatic heterocycles. The van der Waals surface area contributed by atoms with Gasteiger partial charge in [-0.2, -0.15) is 0 Å². The smallest absolute Gasteiger partial charge is 0.238 e. The van der Waals surface area contributed by atoms with Crippen molar-refractivity contribution >= 4 is 37.7 Å². The summed E-state index contributed by atoms with van der Waals surface area (Å²) < 4.78 is 7.15. The highest BCUT2D eigenvalue weighted by Gasteiger charge is 2.09. The molecule has 0 fully saturated rings. The molecule has 0 amide bonds. The van der Waals surface area contributed by atoms with Crippen LogP contribution in [0, 0.1) is 0 Å². The lowest BCUT2D eigenvalue weighted by Gasteiger charge is -2.08. The molecule has 88 valence electrons. The van der Waals surface area contributed by atoms with Gasteiger partial charge in [-0.3, -0.25) is 0 Å². The molecule has 0 aliphatic rings. The number of rotatable bonds is 3. The summed E-state index contributed by atoms with van der Waals surface area (Å²) in [5, 5.41) is 0. The summed E-state index contributed by atoms with van der Waals surface area (Å²) in [6, 6.07) is 7.42. The van der Waals surface area contributed by atoms with Crippen molar-refractivity contribution < 1.29 is 4.74 Å². The number of nitrogens with two attached hydrogens (primary N) is 1. The maximum Gasteiger partial charge on any atom is 0.238 e. The van der Waals surface area contributed by atoms with E-state index in [0.717, 1.165) is 4.47 Å². The molecule has 0 radical (unpaired) electrons. The average molecular weight is 360 g/mol. The third-order valence-corrected chi connectivity index (χ3v) is 3.17. The number of hydrazine groups is 1. The van der Waals surface area contributed by atoms with Crippen LogP contribution in [0.4, 0.5) is 5.82 Å². The van der Waals surface area contributed by atoms with Crippen LogP contribution in [0.25, 0.3) is 0 Å². The number of ether oxygens (including phenoxy) is 1. The van der Waals surface area contributed by atoms with Gasteiger partial charge in [0.1, 0.15) is 16.5 Å². The Kier molecular flexibility index (Phi) is 3.93. The Morgan fingerprint density at radius 3 is 2.47 bits per heavy atom. The molecule has 0 spiro atoms. The molecule has 0 atom stereocenters. The normalized spacial score (nSPS) is 10.1. The molecule has 3 N–H and O–H groups in total. The van der Waals surface area contributed by atoms with E-state index < -0.39 is 0 Å². The Hall–Kier alpha value is -1.18. The zero-order chi connectivity index (χ0) is 12.3. The molecular formula is C10H8Br2N4O. The fourth-order valence-corrected chi connectivity index (χ4v) is 1.80. The lowest BCUT2D eigenvalue weighted by Crippen LogP contribution is -2.09. The second-order valence-corrected chi connectivity index (χ2v) is 4.75. The predicted molar refractivity (Wildman–Crippen MR) is 71.8 cm³/mol. The summed E-state index contributed by atoms with van der Waals surface area (Å²) in [5.41, 5.74) is 2.45. The summed E-state index contributed by atoms with van der Waals surface area (Å²) in [4.78, 5) is 7.95. The van der Waals surface area contributed by atoms with Gasteiger partial charge in [0.2, 0.25) is 5.88 Å². The first-order chi connectivity index (χ1) is 8.20. The summed E-state index contributed by atoms with van der Waals surface area (Å²) in [7, 11) is 0. The van der Waals surface area contributed by atoms with Crippen LogP contribution in [0.5, 0.6) is 11.6 Å². The van der Waals surface area contributed by atoms with Crippen molar-refractivity contribution in [3.63, 3.8) is 0 Å². The van der Waals surface area contributed by atoms with Gasteiger partial charge in [-0.25, -0.2) is 15.8 Å². The topological polar surface area (TPSA) is 73.1 Å². The third kappa shape index (κ3) is 2.93. The highest BCUT2D eigenvalue weighted by atomic mass is 79.9. The lowest BCUT2D eigenvalue weighted by molar-refractivity contribution is 0.458. The first kappa shape index (κ1) is 12.3. The van der Waals surface area contributed by atoms with Gasteiger partial charge in [0.05, 0.1) is 0 Å². The molecule has 2 aromatic rings. The average Bonchev–Trinajstić information content (AvgIpc) is 2.35. The van der Waals surface area contributed by atoms with Crippen LogP contribution in [0.15, 0.2) is 39.5 Å². The van der Waals surface area contributed by atoms with Crippen LogP contribution >= 0.6 is 31.9 Å². The molecule has 0 aliphatic heterocycles. The van der Waals surface area contributed by atoms with Gasteiger partial charge in [-0.1, -0.05) is 15.9 Å². The van der Waals surface area contributed by atoms with Crippen molar-refractivity contribution in [2.45, 2.75) is 0 Å². The quantitative estimate of drug-likeness (QED) is 0.650. The minimum atomic E-state index is 0.398. The Morgan fingerprint density at radius 2 is 1.82 bits per heavy atom. The number of hydrogen-bond donors (Lipinski definition) is 2. The number of nitrogens with one attached hydrogen (secondary N) is 1. The SMILES string of the molecule is NNc1ncnc(Oc2ccc(Br)cc2)c1Br. The van der Waals surface area contributed by atoms with Gasteiger partial charge >= 0.3 is 0 Å². The van der Waals surface area contributed by atoms with Crippen molar-refractivity contribution in [3.05, 3.63) is 39.5 Å². The predicted octanol–water partition coefficient (Wildman–Crippen LogP) is 3.08. The maximum absolute atomic E-state index is 5.59. The van der Waals surface area contributed by atoms with Crippen molar-refractivity contribution in [2.24, 2.45) is 5.84 Å². The van der Waals surface area contributed by atoms with Crippen LogP contribution in [0.1, 0.15) is 0 Å². The van der Waals surface area contributed by atoms with Gasteiger partial charge in [0.25, 0.3) is 0 Å². The van der Waals surface area contributed by atoms with Crippen LogP contribution in [-0.2, 0) is 0 Å². The Balaban J connectivity index is 2.27. The van der Waals surface area contributed by atoms with Crippen LogP contribution in [-0.4, -0.2) is 9.97 Å². The van der Waals surface area contributed by atoms with Crippen molar-refractivity contribution in [2.75, 3.05) is 5.43 Å². The molecule has 1 heterocycles. The summed E-state index contributed by atoms with van der Waals surface area (Å²) >= 11 is 6.66. The summed E-state index contributed by atoms with van der Waals surface area (Å²) in [5.74, 6) is 6.84. The van der Waals surface area contributed by atoms with E-state index in [1.54, 1.807) is 0 Å². The molecule has 17 heavy (non-hydrogen) atoms. The van der Waals surface area contributed by atoms with Gasteiger partial charge in [-0.05, 0) is 40.2 Å². The van der Waals surface area contributed by atoms with E-state index in [2.05, 4.69) is 47.3 Å². The number of hydrogen-bond acceptors (Lipinski definition) is 5. The first-order valence-corrected chi connectivity index (χ1v) is 6.20. The van der Waals surface area contributed by atoms with Crippen LogP contribution in [0.3, 0.4) is 0 Å². The number of halogens is 2. The van der Waals surface area contributed by atoms with E-state index in [4.69, 9.17) is 10.6 Å². The first-order valence-electron chi connectivity index (χ1n) is 4.61. The fraction of sp³-hybridized carbons (Fsp3) is 0. The summed E-state index contributed by atoms with van der Waals surface area (Å²) in [6.07, 6.45) is 1.37. The lowest BCUT2D eigenvalue weighted by atomic mass is 10.3. The Labute approximate surface area is 115 Å². The van der Waals surface area contributed by atoms with Gasteiger partial charge in [-0.15, -0.1) is 0 Å². The standard InChI is InChI=1S/C10H8Br2N4O/c11-6-1-3-7(4-2-6)17-10-8(12)9(16-13)14-5-15-10/h1-5H,13H2,(H,14,15,16). The zero-order valence-corrected chi connectivity index (χ0v) is 11.7. The monoisotopic (exact) mass is 358 g/mol. The van der Waals surface area contributed by atoms with Crippen molar-refractivity contribution in [1.82, 2.24) is 9.97 Å². The van der Waals surface area contributed by atoms with Gasteiger partial charge < -0.3 is 10.2 Å². The molecule has 1 aromatic carbocycles. The number of benzene rings is 1. The molecule has 7 heteroatoms. The second kappa shape index (κ2) is 5.44. The fourth-order valence-electron chi connectivity index (χ4n) is 1.14. The number of nitrogens with zero attached hydrogens (tertiary/aromatic N) is 2. The molecule has 0 unspecified atom stereocenters. The second-order valence-electron chi connectivity index (χ2n) is 3.04. The molecule has 0 bridgehead atoms. The Morgan fingerprint density at radius 1 is 1.12 bits per heavy atom. The minimum absolute atomic E-state index is 0.398.